The number of imidazole rings is 1. The van der Waals surface area contributed by atoms with Crippen LogP contribution in [0.2, 0.25) is 5.02 Å². The van der Waals surface area contributed by atoms with Crippen LogP contribution in [0.5, 0.6) is 0 Å². The van der Waals surface area contributed by atoms with Crippen molar-refractivity contribution in [2.24, 2.45) is 0 Å². The highest BCUT2D eigenvalue weighted by Gasteiger charge is 2.25. The Morgan fingerprint density at radius 3 is 2.25 bits per heavy atom. The van der Waals surface area contributed by atoms with E-state index in [0.717, 1.165) is 0 Å². The van der Waals surface area contributed by atoms with Crippen LogP contribution in [-0.2, 0) is 0 Å². The van der Waals surface area contributed by atoms with Crippen LogP contribution in [0.25, 0.3) is 11.0 Å². The number of nitrogens with zero attached hydrogens (tertiary/aromatic N) is 2. The Kier molecular flexibility index (Phi) is 4.79. The molecule has 9 heteroatoms. The molecule has 4 rings (SSSR count). The van der Waals surface area contributed by atoms with Gasteiger partial charge in [0.1, 0.15) is 0 Å². The number of rotatable bonds is 2. The second-order valence-electron chi connectivity index (χ2n) is 6.56. The maximum absolute atomic E-state index is 12.7. The Hall–Kier alpha value is -3.26. The molecule has 2 heterocycles. The van der Waals surface area contributed by atoms with Crippen LogP contribution in [0.3, 0.4) is 0 Å². The van der Waals surface area contributed by atoms with E-state index in [9.17, 15) is 14.4 Å². The van der Waals surface area contributed by atoms with Crippen molar-refractivity contribution in [1.29, 1.82) is 0 Å². The molecule has 1 aliphatic heterocycles. The van der Waals surface area contributed by atoms with E-state index in [2.05, 4.69) is 15.3 Å². The lowest BCUT2D eigenvalue weighted by molar-refractivity contribution is 0.0672. The van der Waals surface area contributed by atoms with E-state index in [0.29, 0.717) is 53.5 Å². The van der Waals surface area contributed by atoms with E-state index in [1.807, 2.05) is 0 Å². The number of nitrogens with one attached hydrogen (secondary N) is 3. The summed E-state index contributed by atoms with van der Waals surface area (Å²) >= 11 is 5.85. The molecule has 0 radical (unpaired) electrons. The summed E-state index contributed by atoms with van der Waals surface area (Å²) in [5.41, 5.74) is 2.12. The molecule has 8 nitrogen and oxygen atoms in total. The molecule has 3 N–H and O–H groups in total. The fourth-order valence-corrected chi connectivity index (χ4v) is 3.32. The normalized spacial score (nSPS) is 14.3. The van der Waals surface area contributed by atoms with Crippen molar-refractivity contribution in [2.75, 3.05) is 31.5 Å². The number of aromatic amines is 2. The summed E-state index contributed by atoms with van der Waals surface area (Å²) in [5, 5.41) is 3.43. The monoisotopic (exact) mass is 399 g/mol. The average molecular weight is 400 g/mol. The minimum absolute atomic E-state index is 0.123. The fraction of sp³-hybridized carbons (Fsp3) is 0.211. The predicted molar refractivity (Wildman–Crippen MR) is 107 cm³/mol. The number of H-pyrrole nitrogens is 2. The summed E-state index contributed by atoms with van der Waals surface area (Å²) < 4.78 is 0. The molecule has 0 atom stereocenters. The van der Waals surface area contributed by atoms with Crippen molar-refractivity contribution >= 4 is 40.3 Å². The second kappa shape index (κ2) is 7.40. The fourth-order valence-electron chi connectivity index (χ4n) is 3.20. The van der Waals surface area contributed by atoms with E-state index in [-0.39, 0.29) is 17.6 Å². The van der Waals surface area contributed by atoms with Crippen LogP contribution in [0, 0.1) is 0 Å². The number of urea groups is 1. The Balaban J connectivity index is 1.37. The highest BCUT2D eigenvalue weighted by molar-refractivity contribution is 6.30. The largest absolute Gasteiger partial charge is 0.335 e. The van der Waals surface area contributed by atoms with E-state index < -0.39 is 0 Å². The number of carbonyl (C=O) groups excluding carboxylic acids is 2. The van der Waals surface area contributed by atoms with Crippen LogP contribution in [0.1, 0.15) is 10.4 Å². The number of hydrogen-bond acceptors (Lipinski definition) is 3. The quantitative estimate of drug-likeness (QED) is 0.617. The lowest BCUT2D eigenvalue weighted by atomic mass is 10.1. The lowest BCUT2D eigenvalue weighted by Crippen LogP contribution is -2.51. The summed E-state index contributed by atoms with van der Waals surface area (Å²) in [5.74, 6) is -0.123. The van der Waals surface area contributed by atoms with Crippen LogP contribution in [0.4, 0.5) is 10.5 Å². The highest BCUT2D eigenvalue weighted by Crippen LogP contribution is 2.16. The molecule has 2 aromatic carbocycles. The number of benzene rings is 2. The number of halogens is 1. The lowest BCUT2D eigenvalue weighted by Gasteiger charge is -2.34. The molecule has 0 spiro atoms. The second-order valence-corrected chi connectivity index (χ2v) is 6.99. The SMILES string of the molecule is O=C(Nc1ccc(Cl)cc1)N1CCN(C(=O)c2ccc3[nH]c(=O)[nH]c3c2)CC1. The third kappa shape index (κ3) is 3.72. The number of aromatic nitrogens is 2. The number of amides is 3. The van der Waals surface area contributed by atoms with Crippen molar-refractivity contribution in [3.63, 3.8) is 0 Å². The molecular weight excluding hydrogens is 382 g/mol. The van der Waals surface area contributed by atoms with E-state index in [4.69, 9.17) is 11.6 Å². The summed E-state index contributed by atoms with van der Waals surface area (Å²) in [6, 6.07) is 11.7. The van der Waals surface area contributed by atoms with E-state index >= 15 is 0 Å². The number of hydrogen-bond donors (Lipinski definition) is 3. The molecule has 0 unspecified atom stereocenters. The van der Waals surface area contributed by atoms with Gasteiger partial charge in [0.25, 0.3) is 5.91 Å². The van der Waals surface area contributed by atoms with Gasteiger partial charge in [-0.05, 0) is 42.5 Å². The van der Waals surface area contributed by atoms with E-state index in [1.165, 1.54) is 0 Å². The van der Waals surface area contributed by atoms with Gasteiger partial charge in [-0.15, -0.1) is 0 Å². The summed E-state index contributed by atoms with van der Waals surface area (Å²) in [4.78, 5) is 45.2. The van der Waals surface area contributed by atoms with Gasteiger partial charge in [0.05, 0.1) is 11.0 Å². The van der Waals surface area contributed by atoms with Gasteiger partial charge >= 0.3 is 11.7 Å². The smallest absolute Gasteiger partial charge is 0.323 e. The molecular formula is C19H18ClN5O3. The first kappa shape index (κ1) is 18.1. The minimum atomic E-state index is -0.306. The van der Waals surface area contributed by atoms with Crippen molar-refractivity contribution in [3.05, 3.63) is 63.5 Å². The summed E-state index contributed by atoms with van der Waals surface area (Å²) in [7, 11) is 0. The maximum atomic E-state index is 12.7. The first-order valence-corrected chi connectivity index (χ1v) is 9.20. The van der Waals surface area contributed by atoms with Crippen LogP contribution in [0.15, 0.2) is 47.3 Å². The zero-order valence-corrected chi connectivity index (χ0v) is 15.6. The van der Waals surface area contributed by atoms with Crippen molar-refractivity contribution in [1.82, 2.24) is 19.8 Å². The van der Waals surface area contributed by atoms with Gasteiger partial charge in [-0.3, -0.25) is 4.79 Å². The molecule has 1 saturated heterocycles. The standard InChI is InChI=1S/C19H18ClN5O3/c20-13-2-4-14(5-3-13)21-19(28)25-9-7-24(8-10-25)17(26)12-1-6-15-16(11-12)23-18(27)22-15/h1-6,11H,7-10H2,(H,21,28)(H2,22,23,27). The Bertz CT molecular complexity index is 1080. The molecule has 0 bridgehead atoms. The third-order valence-electron chi connectivity index (χ3n) is 4.71. The minimum Gasteiger partial charge on any atom is -0.335 e. The van der Waals surface area contributed by atoms with Crippen molar-refractivity contribution in [2.45, 2.75) is 0 Å². The van der Waals surface area contributed by atoms with Gasteiger partial charge in [0, 0.05) is 42.5 Å². The Morgan fingerprint density at radius 1 is 0.893 bits per heavy atom. The van der Waals surface area contributed by atoms with Gasteiger partial charge in [-0.25, -0.2) is 9.59 Å². The number of carbonyl (C=O) groups is 2. The molecule has 0 aliphatic carbocycles. The van der Waals surface area contributed by atoms with Crippen LogP contribution in [-0.4, -0.2) is 57.9 Å². The summed E-state index contributed by atoms with van der Waals surface area (Å²) in [6.07, 6.45) is 0. The van der Waals surface area contributed by atoms with Crippen LogP contribution < -0.4 is 11.0 Å². The zero-order valence-electron chi connectivity index (χ0n) is 14.9. The molecule has 1 aliphatic rings. The van der Waals surface area contributed by atoms with Gasteiger partial charge in [0.2, 0.25) is 0 Å². The zero-order chi connectivity index (χ0) is 19.7. The number of piperazine rings is 1. The molecule has 144 valence electrons. The highest BCUT2D eigenvalue weighted by atomic mass is 35.5. The Labute approximate surface area is 165 Å². The topological polar surface area (TPSA) is 101 Å². The molecule has 1 fully saturated rings. The van der Waals surface area contributed by atoms with Gasteiger partial charge in [-0.1, -0.05) is 11.6 Å². The molecule has 1 aromatic heterocycles. The number of fused-ring (bicyclic) bond motifs is 1. The van der Waals surface area contributed by atoms with Crippen molar-refractivity contribution < 1.29 is 9.59 Å². The van der Waals surface area contributed by atoms with Gasteiger partial charge in [-0.2, -0.15) is 0 Å². The van der Waals surface area contributed by atoms with E-state index in [1.54, 1.807) is 52.3 Å². The van der Waals surface area contributed by atoms with Crippen molar-refractivity contribution in [3.8, 4) is 0 Å². The van der Waals surface area contributed by atoms with Gasteiger partial charge < -0.3 is 25.1 Å². The molecule has 3 amide bonds. The maximum Gasteiger partial charge on any atom is 0.323 e. The Morgan fingerprint density at radius 2 is 1.54 bits per heavy atom. The van der Waals surface area contributed by atoms with Crippen LogP contribution >= 0.6 is 11.6 Å². The molecule has 0 saturated carbocycles. The molecule has 28 heavy (non-hydrogen) atoms. The summed E-state index contributed by atoms with van der Waals surface area (Å²) in [6.45, 7) is 1.76. The van der Waals surface area contributed by atoms with Gasteiger partial charge in [0.15, 0.2) is 0 Å². The predicted octanol–water partition coefficient (Wildman–Crippen LogP) is 2.50. The average Bonchev–Trinajstić information content (AvgIpc) is 3.08. The number of anilines is 1. The first-order valence-electron chi connectivity index (χ1n) is 8.82. The molecule has 3 aromatic rings. The third-order valence-corrected chi connectivity index (χ3v) is 4.96. The first-order chi connectivity index (χ1) is 13.5.